The lowest BCUT2D eigenvalue weighted by atomic mass is 10.1. The summed E-state index contributed by atoms with van der Waals surface area (Å²) in [6.45, 7) is 3.92. The zero-order valence-electron chi connectivity index (χ0n) is 18.1. The Morgan fingerprint density at radius 2 is 1.59 bits per heavy atom. The summed E-state index contributed by atoms with van der Waals surface area (Å²) in [6, 6.07) is 21.5. The van der Waals surface area contributed by atoms with Crippen LogP contribution in [0.15, 0.2) is 71.6 Å². The van der Waals surface area contributed by atoms with Gasteiger partial charge in [0.1, 0.15) is 0 Å². The molecule has 5 rings (SSSR count). The molecule has 2 heterocycles. The Bertz CT molecular complexity index is 1270. The smallest absolute Gasteiger partial charge is 0.243 e. The molecule has 0 bridgehead atoms. The standard InChI is InChI=1S/C25H27N3O3S/c1-19-16-22-8-4-5-9-24(22)28(19)18-25(29)26-12-14-27(15-13-26)32(30,31)23-11-10-20-6-2-3-7-21(20)17-23/h2-11,17,19H,12-16,18H2,1H3/t19-/m0/s1. The van der Waals surface area contributed by atoms with E-state index < -0.39 is 10.0 Å². The average Bonchev–Trinajstić information content (AvgIpc) is 3.13. The van der Waals surface area contributed by atoms with Crippen LogP contribution in [-0.4, -0.2) is 62.3 Å². The van der Waals surface area contributed by atoms with Crippen molar-refractivity contribution >= 4 is 32.4 Å². The largest absolute Gasteiger partial charge is 0.359 e. The highest BCUT2D eigenvalue weighted by molar-refractivity contribution is 7.89. The molecular weight excluding hydrogens is 422 g/mol. The molecule has 0 aromatic heterocycles. The average molecular weight is 450 g/mol. The van der Waals surface area contributed by atoms with Gasteiger partial charge in [-0.1, -0.05) is 48.5 Å². The van der Waals surface area contributed by atoms with Gasteiger partial charge in [0.15, 0.2) is 0 Å². The van der Waals surface area contributed by atoms with E-state index in [0.29, 0.717) is 37.6 Å². The van der Waals surface area contributed by atoms with Gasteiger partial charge in [0.25, 0.3) is 0 Å². The van der Waals surface area contributed by atoms with Crippen LogP contribution in [0.25, 0.3) is 10.8 Å². The molecule has 166 valence electrons. The molecule has 3 aromatic carbocycles. The number of anilines is 1. The number of para-hydroxylation sites is 1. The van der Waals surface area contributed by atoms with Crippen molar-refractivity contribution in [1.82, 2.24) is 9.21 Å². The summed E-state index contributed by atoms with van der Waals surface area (Å²) in [5.74, 6) is 0.0521. The van der Waals surface area contributed by atoms with Crippen molar-refractivity contribution in [2.45, 2.75) is 24.3 Å². The number of benzene rings is 3. The number of nitrogens with zero attached hydrogens (tertiary/aromatic N) is 3. The van der Waals surface area contributed by atoms with Crippen LogP contribution in [0, 0.1) is 0 Å². The summed E-state index contributed by atoms with van der Waals surface area (Å²) < 4.78 is 27.9. The Balaban J connectivity index is 1.25. The zero-order chi connectivity index (χ0) is 22.3. The molecule has 0 aliphatic carbocycles. The summed E-state index contributed by atoms with van der Waals surface area (Å²) in [5.41, 5.74) is 2.41. The number of hydrogen-bond acceptors (Lipinski definition) is 4. The number of carbonyl (C=O) groups is 1. The Labute approximate surface area is 189 Å². The van der Waals surface area contributed by atoms with Gasteiger partial charge in [-0.2, -0.15) is 4.31 Å². The molecule has 0 radical (unpaired) electrons. The fourth-order valence-corrected chi connectivity index (χ4v) is 6.23. The van der Waals surface area contributed by atoms with Gasteiger partial charge in [0, 0.05) is 37.9 Å². The van der Waals surface area contributed by atoms with Gasteiger partial charge in [-0.25, -0.2) is 8.42 Å². The molecule has 1 fully saturated rings. The van der Waals surface area contributed by atoms with Gasteiger partial charge in [0.05, 0.1) is 11.4 Å². The Kier molecular flexibility index (Phi) is 5.39. The predicted octanol–water partition coefficient (Wildman–Crippen LogP) is 3.12. The molecule has 6 nitrogen and oxygen atoms in total. The SMILES string of the molecule is C[C@H]1Cc2ccccc2N1CC(=O)N1CCN(S(=O)(=O)c2ccc3ccccc3c2)CC1. The third kappa shape index (κ3) is 3.76. The maximum atomic E-state index is 13.2. The van der Waals surface area contributed by atoms with Crippen molar-refractivity contribution in [3.8, 4) is 0 Å². The van der Waals surface area contributed by atoms with E-state index in [2.05, 4.69) is 24.0 Å². The first-order chi connectivity index (χ1) is 15.4. The van der Waals surface area contributed by atoms with E-state index in [1.165, 1.54) is 9.87 Å². The van der Waals surface area contributed by atoms with Crippen LogP contribution >= 0.6 is 0 Å². The van der Waals surface area contributed by atoms with Gasteiger partial charge < -0.3 is 9.80 Å². The van der Waals surface area contributed by atoms with Gasteiger partial charge in [-0.3, -0.25) is 4.79 Å². The van der Waals surface area contributed by atoms with Crippen molar-refractivity contribution in [1.29, 1.82) is 0 Å². The molecule has 0 N–H and O–H groups in total. The second-order valence-corrected chi connectivity index (χ2v) is 10.5. The molecule has 1 atom stereocenters. The van der Waals surface area contributed by atoms with Crippen LogP contribution in [0.4, 0.5) is 5.69 Å². The van der Waals surface area contributed by atoms with Gasteiger partial charge in [-0.15, -0.1) is 0 Å². The lowest BCUT2D eigenvalue weighted by Crippen LogP contribution is -2.53. The number of piperazine rings is 1. The Morgan fingerprint density at radius 3 is 2.38 bits per heavy atom. The third-order valence-corrected chi connectivity index (χ3v) is 8.50. The van der Waals surface area contributed by atoms with Crippen LogP contribution in [-0.2, 0) is 21.2 Å². The van der Waals surface area contributed by atoms with Gasteiger partial charge in [-0.05, 0) is 47.9 Å². The first-order valence-electron chi connectivity index (χ1n) is 11.0. The van der Waals surface area contributed by atoms with E-state index in [9.17, 15) is 13.2 Å². The molecule has 32 heavy (non-hydrogen) atoms. The number of hydrogen-bond donors (Lipinski definition) is 0. The van der Waals surface area contributed by atoms with Crippen molar-refractivity contribution in [3.05, 3.63) is 72.3 Å². The van der Waals surface area contributed by atoms with Crippen molar-refractivity contribution in [2.24, 2.45) is 0 Å². The first kappa shape index (κ1) is 21.0. The van der Waals surface area contributed by atoms with Gasteiger partial charge in [0.2, 0.25) is 15.9 Å². The van der Waals surface area contributed by atoms with Crippen LogP contribution in [0.1, 0.15) is 12.5 Å². The van der Waals surface area contributed by atoms with E-state index in [0.717, 1.165) is 22.9 Å². The molecule has 1 amide bonds. The maximum Gasteiger partial charge on any atom is 0.243 e. The zero-order valence-corrected chi connectivity index (χ0v) is 19.0. The van der Waals surface area contributed by atoms with Crippen molar-refractivity contribution in [3.63, 3.8) is 0 Å². The fraction of sp³-hybridized carbons (Fsp3) is 0.320. The molecule has 0 spiro atoms. The minimum Gasteiger partial charge on any atom is -0.359 e. The summed E-state index contributed by atoms with van der Waals surface area (Å²) >= 11 is 0. The first-order valence-corrected chi connectivity index (χ1v) is 12.5. The van der Waals surface area contributed by atoms with E-state index in [4.69, 9.17) is 0 Å². The number of rotatable bonds is 4. The second-order valence-electron chi connectivity index (χ2n) is 8.60. The highest BCUT2D eigenvalue weighted by Gasteiger charge is 2.33. The summed E-state index contributed by atoms with van der Waals surface area (Å²) in [5, 5.41) is 1.92. The predicted molar refractivity (Wildman–Crippen MR) is 126 cm³/mol. The minimum atomic E-state index is -3.59. The molecular formula is C25H27N3O3S. The minimum absolute atomic E-state index is 0.0521. The number of carbonyl (C=O) groups excluding carboxylic acids is 1. The topological polar surface area (TPSA) is 60.9 Å². The van der Waals surface area contributed by atoms with Crippen LogP contribution in [0.3, 0.4) is 0 Å². The molecule has 2 aliphatic heterocycles. The molecule has 7 heteroatoms. The van der Waals surface area contributed by atoms with E-state index in [1.54, 1.807) is 17.0 Å². The number of sulfonamides is 1. The van der Waals surface area contributed by atoms with Crippen LogP contribution in [0.2, 0.25) is 0 Å². The normalized spacial score (nSPS) is 19.3. The lowest BCUT2D eigenvalue weighted by Gasteiger charge is -2.35. The number of amides is 1. The Morgan fingerprint density at radius 1 is 0.906 bits per heavy atom. The monoisotopic (exact) mass is 449 g/mol. The molecule has 1 saturated heterocycles. The van der Waals surface area contributed by atoms with E-state index in [-0.39, 0.29) is 11.9 Å². The molecule has 0 unspecified atom stereocenters. The molecule has 2 aliphatic rings. The third-order valence-electron chi connectivity index (χ3n) is 6.60. The van der Waals surface area contributed by atoms with Crippen LogP contribution in [0.5, 0.6) is 0 Å². The summed E-state index contributed by atoms with van der Waals surface area (Å²) in [6.07, 6.45) is 0.946. The molecule has 3 aromatic rings. The van der Waals surface area contributed by atoms with E-state index >= 15 is 0 Å². The molecule has 0 saturated carbocycles. The fourth-order valence-electron chi connectivity index (χ4n) is 4.77. The van der Waals surface area contributed by atoms with Gasteiger partial charge >= 0.3 is 0 Å². The summed E-state index contributed by atoms with van der Waals surface area (Å²) in [7, 11) is -3.59. The van der Waals surface area contributed by atoms with Crippen molar-refractivity contribution < 1.29 is 13.2 Å². The van der Waals surface area contributed by atoms with E-state index in [1.807, 2.05) is 42.5 Å². The second kappa shape index (κ2) is 8.22. The van der Waals surface area contributed by atoms with Crippen molar-refractivity contribution in [2.75, 3.05) is 37.6 Å². The summed E-state index contributed by atoms with van der Waals surface area (Å²) in [4.78, 5) is 17.3. The van der Waals surface area contributed by atoms with Crippen LogP contribution < -0.4 is 4.90 Å². The lowest BCUT2D eigenvalue weighted by molar-refractivity contribution is -0.130. The maximum absolute atomic E-state index is 13.2. The highest BCUT2D eigenvalue weighted by atomic mass is 32.2. The highest BCUT2D eigenvalue weighted by Crippen LogP contribution is 2.31. The quantitative estimate of drug-likeness (QED) is 0.614. The number of fused-ring (bicyclic) bond motifs is 2. The Hall–Kier alpha value is -2.90.